The largest absolute Gasteiger partial charge is 1.00 e. The minimum atomic E-state index is -0.191. The number of pyridine rings is 2. The zero-order chi connectivity index (χ0) is 15.5. The van der Waals surface area contributed by atoms with Crippen molar-refractivity contribution < 1.29 is 36.1 Å². The molecule has 5 heteroatoms. The molecule has 4 nitrogen and oxygen atoms in total. The molecule has 0 radical (unpaired) electrons. The first kappa shape index (κ1) is 17.7. The first-order valence-electron chi connectivity index (χ1n) is 7.51. The van der Waals surface area contributed by atoms with E-state index in [1.54, 1.807) is 22.9 Å². The maximum absolute atomic E-state index is 12.9. The second-order valence-electron chi connectivity index (χ2n) is 5.28. The van der Waals surface area contributed by atoms with Gasteiger partial charge in [0.2, 0.25) is 0 Å². The summed E-state index contributed by atoms with van der Waals surface area (Å²) in [6, 6.07) is 13.0. The minimum absolute atomic E-state index is 0. The van der Waals surface area contributed by atoms with Crippen molar-refractivity contribution in [2.75, 3.05) is 0 Å². The monoisotopic (exact) mass is 318 g/mol. The molecular weight excluding hydrogens is 299 g/mol. The molecule has 3 aromatic rings. The van der Waals surface area contributed by atoms with Crippen LogP contribution in [0.15, 0.2) is 53.5 Å². The summed E-state index contributed by atoms with van der Waals surface area (Å²) in [5.41, 5.74) is 1.51. The minimum Gasteiger partial charge on any atom is -1.00 e. The van der Waals surface area contributed by atoms with E-state index in [-0.39, 0.29) is 42.3 Å². The molecule has 1 N–H and O–H groups in total. The summed E-state index contributed by atoms with van der Waals surface area (Å²) >= 11 is 0. The number of benzene rings is 1. The summed E-state index contributed by atoms with van der Waals surface area (Å²) in [5, 5.41) is 11.1. The maximum Gasteiger partial charge on any atom is 1.00 e. The van der Waals surface area contributed by atoms with Crippen molar-refractivity contribution >= 4 is 11.0 Å². The summed E-state index contributed by atoms with van der Waals surface area (Å²) in [4.78, 5) is 17.2. The van der Waals surface area contributed by atoms with E-state index in [4.69, 9.17) is 0 Å². The summed E-state index contributed by atoms with van der Waals surface area (Å²) in [6.07, 6.45) is 4.03. The van der Waals surface area contributed by atoms with E-state index in [9.17, 15) is 9.90 Å². The Bertz CT molecular complexity index is 866. The zero-order valence-corrected chi connectivity index (χ0v) is 15.5. The fraction of sp³-hybridized carbons (Fsp3) is 0.222. The van der Waals surface area contributed by atoms with Gasteiger partial charge in [0.05, 0.1) is 16.6 Å². The molecule has 3 rings (SSSR count). The molecule has 2 heterocycles. The van der Waals surface area contributed by atoms with E-state index < -0.39 is 0 Å². The Morgan fingerprint density at radius 1 is 1.17 bits per heavy atom. The van der Waals surface area contributed by atoms with E-state index in [1.165, 1.54) is 0 Å². The Labute approximate surface area is 158 Å². The number of aromatic hydroxyl groups is 1. The second kappa shape index (κ2) is 7.77. The molecule has 1 aromatic carbocycles. The van der Waals surface area contributed by atoms with E-state index in [2.05, 4.69) is 11.9 Å². The Morgan fingerprint density at radius 3 is 2.61 bits per heavy atom. The topological polar surface area (TPSA) is 55.1 Å². The Morgan fingerprint density at radius 2 is 1.91 bits per heavy atom. The van der Waals surface area contributed by atoms with Crippen LogP contribution in [-0.4, -0.2) is 14.7 Å². The third-order valence-electron chi connectivity index (χ3n) is 3.80. The number of hydrogen-bond donors (Lipinski definition) is 1. The van der Waals surface area contributed by atoms with E-state index >= 15 is 0 Å². The van der Waals surface area contributed by atoms with Crippen molar-refractivity contribution in [2.45, 2.75) is 26.2 Å². The van der Waals surface area contributed by atoms with Gasteiger partial charge >= 0.3 is 29.6 Å². The van der Waals surface area contributed by atoms with Gasteiger partial charge in [0.25, 0.3) is 5.56 Å². The van der Waals surface area contributed by atoms with Crippen LogP contribution >= 0.6 is 0 Å². The van der Waals surface area contributed by atoms with Crippen molar-refractivity contribution in [3.05, 3.63) is 64.6 Å². The Hall–Kier alpha value is -1.62. The molecule has 0 unspecified atom stereocenters. The molecule has 0 saturated carbocycles. The number of fused-ring (bicyclic) bond motifs is 1. The van der Waals surface area contributed by atoms with Crippen molar-refractivity contribution in [1.82, 2.24) is 9.55 Å². The van der Waals surface area contributed by atoms with Gasteiger partial charge in [-0.05, 0) is 37.1 Å². The first-order chi connectivity index (χ1) is 10.7. The van der Waals surface area contributed by atoms with Crippen LogP contribution in [0.25, 0.3) is 16.7 Å². The van der Waals surface area contributed by atoms with Gasteiger partial charge in [-0.15, -0.1) is 0 Å². The number of hydrogen-bond acceptors (Lipinski definition) is 3. The Kier molecular flexibility index (Phi) is 5.99. The first-order valence-corrected chi connectivity index (χ1v) is 7.51. The normalized spacial score (nSPS) is 10.5. The number of para-hydroxylation sites is 1. The van der Waals surface area contributed by atoms with Crippen LogP contribution in [0.5, 0.6) is 5.75 Å². The Balaban J connectivity index is 0.00000144. The molecule has 0 aliphatic heterocycles. The molecule has 2 aromatic heterocycles. The van der Waals surface area contributed by atoms with Gasteiger partial charge in [-0.1, -0.05) is 31.5 Å². The van der Waals surface area contributed by atoms with Crippen molar-refractivity contribution in [2.24, 2.45) is 0 Å². The van der Waals surface area contributed by atoms with Crippen LogP contribution in [0.1, 0.15) is 26.8 Å². The molecule has 0 saturated heterocycles. The third kappa shape index (κ3) is 3.34. The molecule has 0 spiro atoms. The molecular formula is C18H19N2NaO2. The zero-order valence-electron chi connectivity index (χ0n) is 14.5. The van der Waals surface area contributed by atoms with Gasteiger partial charge in [-0.3, -0.25) is 9.36 Å². The van der Waals surface area contributed by atoms with E-state index in [0.717, 1.165) is 18.5 Å². The smallest absolute Gasteiger partial charge is 1.00 e. The van der Waals surface area contributed by atoms with E-state index in [1.807, 2.05) is 30.3 Å². The van der Waals surface area contributed by atoms with Gasteiger partial charge in [-0.2, -0.15) is 0 Å². The van der Waals surface area contributed by atoms with Crippen molar-refractivity contribution in [3.8, 4) is 11.4 Å². The van der Waals surface area contributed by atoms with Crippen LogP contribution < -0.4 is 35.1 Å². The van der Waals surface area contributed by atoms with Crippen molar-refractivity contribution in [1.29, 1.82) is 0 Å². The standard InChI is InChI=1S/C18H18N2O2.Na.H/c1-2-3-10-15-16(21)14-11-7-12-19-17(14)20(18(15)22)13-8-5-4-6-9-13;;/h4-9,11-12,21H,2-3,10H2,1H3;;/q;+1;-1. The van der Waals surface area contributed by atoms with Gasteiger partial charge in [0.15, 0.2) is 5.65 Å². The predicted octanol–water partition coefficient (Wildman–Crippen LogP) is 0.550. The van der Waals surface area contributed by atoms with Gasteiger partial charge < -0.3 is 6.53 Å². The fourth-order valence-corrected chi connectivity index (χ4v) is 2.65. The molecule has 0 fully saturated rings. The number of unbranched alkanes of at least 4 members (excludes halogenated alkanes) is 1. The van der Waals surface area contributed by atoms with Crippen LogP contribution in [0, 0.1) is 0 Å². The predicted molar refractivity (Wildman–Crippen MR) is 88.7 cm³/mol. The molecule has 114 valence electrons. The van der Waals surface area contributed by atoms with Gasteiger partial charge in [-0.25, -0.2) is 4.98 Å². The van der Waals surface area contributed by atoms with Crippen LogP contribution in [0.2, 0.25) is 0 Å². The number of aromatic nitrogens is 2. The molecule has 23 heavy (non-hydrogen) atoms. The third-order valence-corrected chi connectivity index (χ3v) is 3.80. The number of rotatable bonds is 4. The molecule has 0 aliphatic carbocycles. The molecule has 0 atom stereocenters. The summed E-state index contributed by atoms with van der Waals surface area (Å²) in [5.74, 6) is 0.0636. The van der Waals surface area contributed by atoms with Crippen molar-refractivity contribution in [3.63, 3.8) is 0 Å². The fourth-order valence-electron chi connectivity index (χ4n) is 2.65. The molecule has 0 amide bonds. The molecule has 0 aliphatic rings. The number of nitrogens with zero attached hydrogens (tertiary/aromatic N) is 2. The average Bonchev–Trinajstić information content (AvgIpc) is 2.56. The summed E-state index contributed by atoms with van der Waals surface area (Å²) in [7, 11) is 0. The van der Waals surface area contributed by atoms with Gasteiger partial charge in [0.1, 0.15) is 5.75 Å². The molecule has 0 bridgehead atoms. The summed E-state index contributed by atoms with van der Waals surface area (Å²) < 4.78 is 1.58. The van der Waals surface area contributed by atoms with E-state index in [0.29, 0.717) is 23.0 Å². The second-order valence-corrected chi connectivity index (χ2v) is 5.28. The average molecular weight is 318 g/mol. The quantitative estimate of drug-likeness (QED) is 0.715. The SMILES string of the molecule is CCCCc1c(O)c2cccnc2n(-c2ccccc2)c1=O.[H-].[Na+]. The summed E-state index contributed by atoms with van der Waals surface area (Å²) in [6.45, 7) is 2.06. The van der Waals surface area contributed by atoms with Gasteiger partial charge in [0, 0.05) is 6.20 Å². The maximum atomic E-state index is 12.9. The van der Waals surface area contributed by atoms with Crippen LogP contribution in [0.3, 0.4) is 0 Å². The van der Waals surface area contributed by atoms with Crippen LogP contribution in [-0.2, 0) is 6.42 Å². The van der Waals surface area contributed by atoms with Crippen LogP contribution in [0.4, 0.5) is 0 Å².